The summed E-state index contributed by atoms with van der Waals surface area (Å²) in [5.74, 6) is 1.29. The van der Waals surface area contributed by atoms with Gasteiger partial charge in [0.1, 0.15) is 0 Å². The van der Waals surface area contributed by atoms with E-state index in [1.54, 1.807) is 0 Å². The van der Waals surface area contributed by atoms with Gasteiger partial charge in [-0.1, -0.05) is 30.3 Å². The molecule has 3 heteroatoms. The SMILES string of the molecule is CSCCCCNCC(c1ccccc1)N1CCCC1. The molecule has 0 aliphatic carbocycles. The Morgan fingerprint density at radius 3 is 2.60 bits per heavy atom. The van der Waals surface area contributed by atoms with Gasteiger partial charge in [-0.15, -0.1) is 0 Å². The van der Waals surface area contributed by atoms with Crippen LogP contribution in [-0.4, -0.2) is 43.1 Å². The second-order valence-electron chi connectivity index (χ2n) is 5.57. The fourth-order valence-electron chi connectivity index (χ4n) is 2.92. The van der Waals surface area contributed by atoms with E-state index in [4.69, 9.17) is 0 Å². The number of benzene rings is 1. The van der Waals surface area contributed by atoms with Crippen LogP contribution in [0.15, 0.2) is 30.3 Å². The Morgan fingerprint density at radius 2 is 1.90 bits per heavy atom. The highest BCUT2D eigenvalue weighted by molar-refractivity contribution is 7.98. The summed E-state index contributed by atoms with van der Waals surface area (Å²) in [5.41, 5.74) is 1.46. The van der Waals surface area contributed by atoms with E-state index >= 15 is 0 Å². The minimum absolute atomic E-state index is 0.555. The van der Waals surface area contributed by atoms with Crippen molar-refractivity contribution in [2.24, 2.45) is 0 Å². The summed E-state index contributed by atoms with van der Waals surface area (Å²) in [6, 6.07) is 11.5. The van der Waals surface area contributed by atoms with Crippen LogP contribution in [0.25, 0.3) is 0 Å². The van der Waals surface area contributed by atoms with E-state index in [1.165, 1.54) is 50.1 Å². The predicted molar refractivity (Wildman–Crippen MR) is 90.5 cm³/mol. The van der Waals surface area contributed by atoms with Crippen LogP contribution in [-0.2, 0) is 0 Å². The molecule has 1 atom stereocenters. The number of nitrogens with one attached hydrogen (secondary N) is 1. The second kappa shape index (κ2) is 9.43. The van der Waals surface area contributed by atoms with Gasteiger partial charge in [-0.05, 0) is 62.9 Å². The lowest BCUT2D eigenvalue weighted by Crippen LogP contribution is -2.34. The Bertz CT molecular complexity index is 349. The normalized spacial score (nSPS) is 17.4. The van der Waals surface area contributed by atoms with Crippen LogP contribution in [0.5, 0.6) is 0 Å². The molecule has 2 nitrogen and oxygen atoms in total. The van der Waals surface area contributed by atoms with E-state index in [2.05, 4.69) is 46.8 Å². The largest absolute Gasteiger partial charge is 0.315 e. The third-order valence-corrected chi connectivity index (χ3v) is 4.75. The third kappa shape index (κ3) is 5.12. The zero-order chi connectivity index (χ0) is 14.0. The molecule has 1 N–H and O–H groups in total. The van der Waals surface area contributed by atoms with Crippen molar-refractivity contribution in [3.63, 3.8) is 0 Å². The van der Waals surface area contributed by atoms with Gasteiger partial charge in [-0.25, -0.2) is 0 Å². The van der Waals surface area contributed by atoms with E-state index in [1.807, 2.05) is 11.8 Å². The van der Waals surface area contributed by atoms with Crippen molar-refractivity contribution < 1.29 is 0 Å². The lowest BCUT2D eigenvalue weighted by molar-refractivity contribution is 0.238. The molecule has 2 rings (SSSR count). The van der Waals surface area contributed by atoms with Gasteiger partial charge in [0.25, 0.3) is 0 Å². The summed E-state index contributed by atoms with van der Waals surface area (Å²) in [7, 11) is 0. The molecular weight excluding hydrogens is 264 g/mol. The Hall–Kier alpha value is -0.510. The van der Waals surface area contributed by atoms with Gasteiger partial charge >= 0.3 is 0 Å². The van der Waals surface area contributed by atoms with Crippen molar-refractivity contribution in [3.8, 4) is 0 Å². The molecule has 20 heavy (non-hydrogen) atoms. The van der Waals surface area contributed by atoms with Crippen LogP contribution >= 0.6 is 11.8 Å². The van der Waals surface area contributed by atoms with E-state index in [0.717, 1.165) is 13.1 Å². The van der Waals surface area contributed by atoms with Gasteiger partial charge < -0.3 is 5.32 Å². The van der Waals surface area contributed by atoms with Crippen LogP contribution in [0.1, 0.15) is 37.3 Å². The van der Waals surface area contributed by atoms with E-state index < -0.39 is 0 Å². The monoisotopic (exact) mass is 292 g/mol. The van der Waals surface area contributed by atoms with E-state index in [-0.39, 0.29) is 0 Å². The highest BCUT2D eigenvalue weighted by Crippen LogP contribution is 2.24. The number of rotatable bonds is 9. The Kier molecular flexibility index (Phi) is 7.48. The van der Waals surface area contributed by atoms with E-state index in [9.17, 15) is 0 Å². The zero-order valence-electron chi connectivity index (χ0n) is 12.7. The van der Waals surface area contributed by atoms with Crippen LogP contribution in [0, 0.1) is 0 Å². The Morgan fingerprint density at radius 1 is 1.15 bits per heavy atom. The molecule has 1 aliphatic heterocycles. The fraction of sp³-hybridized carbons (Fsp3) is 0.647. The maximum absolute atomic E-state index is 3.67. The third-order valence-electron chi connectivity index (χ3n) is 4.06. The molecule has 1 aromatic carbocycles. The fourth-order valence-corrected chi connectivity index (χ4v) is 3.41. The molecule has 1 fully saturated rings. The highest BCUT2D eigenvalue weighted by atomic mass is 32.2. The first kappa shape index (κ1) is 15.9. The molecule has 0 saturated carbocycles. The van der Waals surface area contributed by atoms with Crippen molar-refractivity contribution in [1.29, 1.82) is 0 Å². The smallest absolute Gasteiger partial charge is 0.0472 e. The van der Waals surface area contributed by atoms with Gasteiger partial charge in [0.15, 0.2) is 0 Å². The molecule has 1 saturated heterocycles. The summed E-state index contributed by atoms with van der Waals surface area (Å²) in [6.07, 6.45) is 7.52. The van der Waals surface area contributed by atoms with Crippen molar-refractivity contribution >= 4 is 11.8 Å². The minimum Gasteiger partial charge on any atom is -0.315 e. The average Bonchev–Trinajstić information content (AvgIpc) is 3.01. The van der Waals surface area contributed by atoms with Crippen LogP contribution in [0.4, 0.5) is 0 Å². The number of hydrogen-bond donors (Lipinski definition) is 1. The van der Waals surface area contributed by atoms with Crippen molar-refractivity contribution in [3.05, 3.63) is 35.9 Å². The first-order chi connectivity index (χ1) is 9.92. The Labute approximate surface area is 128 Å². The minimum atomic E-state index is 0.555. The lowest BCUT2D eigenvalue weighted by Gasteiger charge is -2.28. The van der Waals surface area contributed by atoms with Gasteiger partial charge in [0, 0.05) is 12.6 Å². The maximum Gasteiger partial charge on any atom is 0.0472 e. The molecule has 0 bridgehead atoms. The molecule has 0 radical (unpaired) electrons. The summed E-state index contributed by atoms with van der Waals surface area (Å²) < 4.78 is 0. The van der Waals surface area contributed by atoms with Crippen molar-refractivity contribution in [1.82, 2.24) is 10.2 Å². The molecule has 0 aromatic heterocycles. The van der Waals surface area contributed by atoms with Gasteiger partial charge in [0.2, 0.25) is 0 Å². The van der Waals surface area contributed by atoms with Gasteiger partial charge in [0.05, 0.1) is 0 Å². The quantitative estimate of drug-likeness (QED) is 0.701. The maximum atomic E-state index is 3.67. The van der Waals surface area contributed by atoms with Gasteiger partial charge in [-0.3, -0.25) is 4.90 Å². The molecule has 1 aromatic rings. The van der Waals surface area contributed by atoms with Gasteiger partial charge in [-0.2, -0.15) is 11.8 Å². The molecular formula is C17H28N2S. The number of nitrogens with zero attached hydrogens (tertiary/aromatic N) is 1. The topological polar surface area (TPSA) is 15.3 Å². The average molecular weight is 292 g/mol. The van der Waals surface area contributed by atoms with E-state index in [0.29, 0.717) is 6.04 Å². The molecule has 1 aliphatic rings. The number of likely N-dealkylation sites (tertiary alicyclic amines) is 1. The zero-order valence-corrected chi connectivity index (χ0v) is 13.5. The summed E-state index contributed by atoms with van der Waals surface area (Å²) >= 11 is 1.95. The molecule has 112 valence electrons. The summed E-state index contributed by atoms with van der Waals surface area (Å²) in [5, 5.41) is 3.67. The number of hydrogen-bond acceptors (Lipinski definition) is 3. The number of thioether (sulfide) groups is 1. The molecule has 1 heterocycles. The van der Waals surface area contributed by atoms with Crippen LogP contribution < -0.4 is 5.32 Å². The Balaban J connectivity index is 1.81. The number of unbranched alkanes of at least 4 members (excludes halogenated alkanes) is 1. The molecule has 0 spiro atoms. The first-order valence-electron chi connectivity index (χ1n) is 7.90. The van der Waals surface area contributed by atoms with Crippen LogP contribution in [0.2, 0.25) is 0 Å². The summed E-state index contributed by atoms with van der Waals surface area (Å²) in [4.78, 5) is 2.64. The first-order valence-corrected chi connectivity index (χ1v) is 9.30. The standard InChI is InChI=1S/C17H28N2S/c1-20-14-8-5-11-18-15-17(19-12-6-7-13-19)16-9-3-2-4-10-16/h2-4,9-10,17-18H,5-8,11-15H2,1H3. The molecule has 0 amide bonds. The highest BCUT2D eigenvalue weighted by Gasteiger charge is 2.22. The summed E-state index contributed by atoms with van der Waals surface area (Å²) in [6.45, 7) is 4.75. The lowest BCUT2D eigenvalue weighted by atomic mass is 10.1. The van der Waals surface area contributed by atoms with Crippen molar-refractivity contribution in [2.45, 2.75) is 31.7 Å². The predicted octanol–water partition coefficient (Wildman–Crippen LogP) is 3.56. The molecule has 1 unspecified atom stereocenters. The van der Waals surface area contributed by atoms with Crippen LogP contribution in [0.3, 0.4) is 0 Å². The second-order valence-corrected chi connectivity index (χ2v) is 6.56. The van der Waals surface area contributed by atoms with Crippen molar-refractivity contribution in [2.75, 3.05) is 38.2 Å².